The van der Waals surface area contributed by atoms with Crippen LogP contribution in [-0.2, 0) is 20.4 Å². The third-order valence-corrected chi connectivity index (χ3v) is 4.02. The lowest BCUT2D eigenvalue weighted by atomic mass is 10.0. The van der Waals surface area contributed by atoms with E-state index in [0.717, 1.165) is 13.8 Å². The maximum atomic E-state index is 14.0. The van der Waals surface area contributed by atoms with Crippen LogP contribution in [0.3, 0.4) is 0 Å². The van der Waals surface area contributed by atoms with E-state index in [1.54, 1.807) is 0 Å². The van der Waals surface area contributed by atoms with E-state index in [9.17, 15) is 35.2 Å². The van der Waals surface area contributed by atoms with Gasteiger partial charge in [0.15, 0.2) is 23.3 Å². The Bertz CT molecular complexity index is 749. The van der Waals surface area contributed by atoms with Crippen LogP contribution in [0.2, 0.25) is 0 Å². The molecule has 0 radical (unpaired) electrons. The first-order valence-corrected chi connectivity index (χ1v) is 7.95. The molecule has 0 spiro atoms. The third-order valence-electron chi connectivity index (χ3n) is 2.99. The van der Waals surface area contributed by atoms with Gasteiger partial charge >= 0.3 is 5.97 Å². The first kappa shape index (κ1) is 21.1. The predicted octanol–water partition coefficient (Wildman–Crippen LogP) is 2.84. The molecule has 0 N–H and O–H groups in total. The minimum absolute atomic E-state index is 0.216. The SMILES string of the molecule is CC(C)(C)OC(=O)C(C)(C)N(c1c(F)c(F)c(F)c(F)c1F)[SH](=O)=O. The number of hydrogen-bond acceptors (Lipinski definition) is 4. The van der Waals surface area contributed by atoms with Gasteiger partial charge in [-0.3, -0.25) is 0 Å². The Morgan fingerprint density at radius 1 is 0.840 bits per heavy atom. The van der Waals surface area contributed by atoms with Gasteiger partial charge in [-0.25, -0.2) is 39.5 Å². The van der Waals surface area contributed by atoms with Crippen LogP contribution in [0.15, 0.2) is 0 Å². The molecule has 0 aliphatic heterocycles. The van der Waals surface area contributed by atoms with E-state index in [1.807, 2.05) is 0 Å². The van der Waals surface area contributed by atoms with Crippen molar-refractivity contribution >= 4 is 22.5 Å². The molecular weight excluding hydrogens is 373 g/mol. The van der Waals surface area contributed by atoms with Crippen LogP contribution >= 0.6 is 0 Å². The summed E-state index contributed by atoms with van der Waals surface area (Å²) in [6.45, 7) is 6.15. The van der Waals surface area contributed by atoms with E-state index < -0.39 is 62.8 Å². The highest BCUT2D eigenvalue weighted by Gasteiger charge is 2.44. The Kier molecular flexibility index (Phi) is 5.72. The van der Waals surface area contributed by atoms with Crippen molar-refractivity contribution in [2.24, 2.45) is 0 Å². The molecule has 1 rings (SSSR count). The molecule has 0 aliphatic carbocycles. The smallest absolute Gasteiger partial charge is 0.333 e. The van der Waals surface area contributed by atoms with Crippen molar-refractivity contribution in [3.05, 3.63) is 29.1 Å². The minimum atomic E-state index is -3.97. The molecule has 0 atom stereocenters. The Hall–Kier alpha value is -1.91. The van der Waals surface area contributed by atoms with Gasteiger partial charge < -0.3 is 4.74 Å². The summed E-state index contributed by atoms with van der Waals surface area (Å²) in [6, 6.07) is 0. The van der Waals surface area contributed by atoms with Crippen LogP contribution in [0.1, 0.15) is 34.6 Å². The van der Waals surface area contributed by atoms with Crippen molar-refractivity contribution < 1.29 is 39.9 Å². The number of benzene rings is 1. The number of hydrogen-bond donors (Lipinski definition) is 1. The molecule has 25 heavy (non-hydrogen) atoms. The largest absolute Gasteiger partial charge is 0.458 e. The van der Waals surface area contributed by atoms with Crippen molar-refractivity contribution in [1.82, 2.24) is 0 Å². The molecule has 0 fully saturated rings. The van der Waals surface area contributed by atoms with Crippen molar-refractivity contribution in [1.29, 1.82) is 0 Å². The van der Waals surface area contributed by atoms with E-state index in [2.05, 4.69) is 0 Å². The van der Waals surface area contributed by atoms with E-state index in [1.165, 1.54) is 20.8 Å². The Morgan fingerprint density at radius 2 is 1.20 bits per heavy atom. The van der Waals surface area contributed by atoms with E-state index in [-0.39, 0.29) is 4.31 Å². The Morgan fingerprint density at radius 3 is 1.52 bits per heavy atom. The first-order chi connectivity index (χ1) is 11.1. The average Bonchev–Trinajstić information content (AvgIpc) is 2.45. The molecule has 0 saturated heterocycles. The van der Waals surface area contributed by atoms with Gasteiger partial charge in [-0.1, -0.05) is 0 Å². The van der Waals surface area contributed by atoms with E-state index in [4.69, 9.17) is 4.74 Å². The molecule has 5 nitrogen and oxygen atoms in total. The van der Waals surface area contributed by atoms with Crippen molar-refractivity contribution in [3.63, 3.8) is 0 Å². The highest BCUT2D eigenvalue weighted by atomic mass is 32.2. The zero-order valence-electron chi connectivity index (χ0n) is 13.9. The van der Waals surface area contributed by atoms with E-state index >= 15 is 0 Å². The van der Waals surface area contributed by atoms with Crippen LogP contribution in [-0.4, -0.2) is 25.5 Å². The summed E-state index contributed by atoms with van der Waals surface area (Å²) in [5.74, 6) is -13.1. The fraction of sp³-hybridized carbons (Fsp3) is 0.500. The standard InChI is InChI=1S/C14H16F5NO4S/c1-13(2,3)24-12(21)14(4,5)20(25(22)23)11-9(18)7(16)6(15)8(17)10(11)19/h25H,1-5H3. The van der Waals surface area contributed by atoms with Gasteiger partial charge in [-0.15, -0.1) is 0 Å². The minimum Gasteiger partial charge on any atom is -0.458 e. The number of carbonyl (C=O) groups is 1. The lowest BCUT2D eigenvalue weighted by molar-refractivity contribution is -0.159. The van der Waals surface area contributed by atoms with Gasteiger partial charge in [0.2, 0.25) is 16.7 Å². The highest BCUT2D eigenvalue weighted by molar-refractivity contribution is 7.74. The molecule has 0 aromatic heterocycles. The second kappa shape index (κ2) is 6.77. The zero-order valence-corrected chi connectivity index (χ0v) is 14.8. The summed E-state index contributed by atoms with van der Waals surface area (Å²) in [5.41, 5.74) is -5.14. The fourth-order valence-electron chi connectivity index (χ4n) is 1.83. The number of halogens is 5. The number of nitrogens with zero attached hydrogens (tertiary/aromatic N) is 1. The molecule has 0 aliphatic rings. The third kappa shape index (κ3) is 4.02. The molecule has 0 saturated carbocycles. The monoisotopic (exact) mass is 389 g/mol. The van der Waals surface area contributed by atoms with Crippen molar-refractivity contribution in [2.75, 3.05) is 4.31 Å². The quantitative estimate of drug-likeness (QED) is 0.283. The van der Waals surface area contributed by atoms with Gasteiger partial charge in [-0.05, 0) is 34.6 Å². The fourth-order valence-corrected chi connectivity index (χ4v) is 2.66. The van der Waals surface area contributed by atoms with Crippen LogP contribution in [0.4, 0.5) is 27.6 Å². The topological polar surface area (TPSA) is 63.7 Å². The zero-order chi connectivity index (χ0) is 19.9. The molecule has 1 aromatic carbocycles. The Balaban J connectivity index is 3.67. The molecular formula is C14H16F5NO4S. The van der Waals surface area contributed by atoms with Gasteiger partial charge in [-0.2, -0.15) is 0 Å². The predicted molar refractivity (Wildman–Crippen MR) is 78.9 cm³/mol. The number of ether oxygens (including phenoxy) is 1. The number of anilines is 1. The summed E-state index contributed by atoms with van der Waals surface area (Å²) in [5, 5.41) is 0. The number of rotatable bonds is 4. The molecule has 11 heteroatoms. The van der Waals surface area contributed by atoms with Crippen molar-refractivity contribution in [2.45, 2.75) is 45.8 Å². The first-order valence-electron chi connectivity index (χ1n) is 6.82. The molecule has 0 unspecified atom stereocenters. The lowest BCUT2D eigenvalue weighted by Crippen LogP contribution is -2.53. The maximum Gasteiger partial charge on any atom is 0.333 e. The molecule has 0 bridgehead atoms. The normalized spacial score (nSPS) is 12.4. The molecule has 142 valence electrons. The van der Waals surface area contributed by atoms with Crippen molar-refractivity contribution in [3.8, 4) is 0 Å². The van der Waals surface area contributed by atoms with Gasteiger partial charge in [0, 0.05) is 0 Å². The summed E-state index contributed by atoms with van der Waals surface area (Å²) in [6.07, 6.45) is 0. The summed E-state index contributed by atoms with van der Waals surface area (Å²) < 4.78 is 95.6. The highest BCUT2D eigenvalue weighted by Crippen LogP contribution is 2.35. The summed E-state index contributed by atoms with van der Waals surface area (Å²) in [7, 11) is -3.97. The lowest BCUT2D eigenvalue weighted by Gasteiger charge is -2.35. The average molecular weight is 389 g/mol. The maximum absolute atomic E-state index is 14.0. The van der Waals surface area contributed by atoms with Crippen LogP contribution in [0.25, 0.3) is 0 Å². The Labute approximate surface area is 142 Å². The second-order valence-electron chi connectivity index (χ2n) is 6.53. The molecule has 0 amide bonds. The number of carbonyl (C=O) groups excluding carboxylic acids is 1. The van der Waals surface area contributed by atoms with Gasteiger partial charge in [0.25, 0.3) is 0 Å². The van der Waals surface area contributed by atoms with E-state index in [0.29, 0.717) is 0 Å². The molecule has 0 heterocycles. The summed E-state index contributed by atoms with van der Waals surface area (Å²) >= 11 is 0. The number of esters is 1. The van der Waals surface area contributed by atoms with Crippen LogP contribution in [0.5, 0.6) is 0 Å². The van der Waals surface area contributed by atoms with Crippen LogP contribution < -0.4 is 4.31 Å². The van der Waals surface area contributed by atoms with Crippen LogP contribution in [0, 0.1) is 29.1 Å². The van der Waals surface area contributed by atoms with Gasteiger partial charge in [0.1, 0.15) is 16.8 Å². The summed E-state index contributed by atoms with van der Waals surface area (Å²) in [4.78, 5) is 12.2. The number of thiol groups is 1. The molecule has 1 aromatic rings. The van der Waals surface area contributed by atoms with Gasteiger partial charge in [0.05, 0.1) is 0 Å². The second-order valence-corrected chi connectivity index (χ2v) is 7.40.